The lowest BCUT2D eigenvalue weighted by Gasteiger charge is -2.30. The minimum Gasteiger partial charge on any atom is -0.325 e. The molecule has 0 spiro atoms. The molecule has 4 heteroatoms. The summed E-state index contributed by atoms with van der Waals surface area (Å²) in [6.45, 7) is 3.93. The first-order valence-electron chi connectivity index (χ1n) is 7.14. The molecule has 1 aromatic heterocycles. The lowest BCUT2D eigenvalue weighted by atomic mass is 10.00. The first-order chi connectivity index (χ1) is 9.74. The Balaban J connectivity index is 1.77. The fourth-order valence-electron chi connectivity index (χ4n) is 2.62. The van der Waals surface area contributed by atoms with Gasteiger partial charge in [0.05, 0.1) is 11.2 Å². The predicted molar refractivity (Wildman–Crippen MR) is 80.7 cm³/mol. The molecule has 4 nitrogen and oxygen atoms in total. The van der Waals surface area contributed by atoms with E-state index in [0.717, 1.165) is 48.4 Å². The van der Waals surface area contributed by atoms with E-state index in [2.05, 4.69) is 17.2 Å². The third-order valence-corrected chi connectivity index (χ3v) is 3.96. The fraction of sp³-hybridized carbons (Fsp3) is 0.375. The third kappa shape index (κ3) is 2.59. The summed E-state index contributed by atoms with van der Waals surface area (Å²) in [4.78, 5) is 18.5. The summed E-state index contributed by atoms with van der Waals surface area (Å²) < 4.78 is 0. The Kier molecular flexibility index (Phi) is 3.54. The number of amides is 2. The van der Waals surface area contributed by atoms with E-state index in [1.165, 1.54) is 0 Å². The molecule has 20 heavy (non-hydrogen) atoms. The number of carbonyl (C=O) groups is 1. The van der Waals surface area contributed by atoms with Gasteiger partial charge in [0.25, 0.3) is 0 Å². The van der Waals surface area contributed by atoms with Crippen LogP contribution >= 0.6 is 0 Å². The molecule has 0 radical (unpaired) electrons. The number of urea groups is 1. The Hall–Kier alpha value is -2.10. The van der Waals surface area contributed by atoms with Crippen molar-refractivity contribution in [2.75, 3.05) is 18.4 Å². The third-order valence-electron chi connectivity index (χ3n) is 3.96. The largest absolute Gasteiger partial charge is 0.325 e. The molecule has 2 heterocycles. The van der Waals surface area contributed by atoms with Crippen LogP contribution in [0.4, 0.5) is 10.5 Å². The quantitative estimate of drug-likeness (QED) is 0.861. The van der Waals surface area contributed by atoms with Crippen molar-refractivity contribution in [1.29, 1.82) is 0 Å². The minimum absolute atomic E-state index is 0.00625. The van der Waals surface area contributed by atoms with Crippen molar-refractivity contribution < 1.29 is 4.79 Å². The number of hydrogen-bond donors (Lipinski definition) is 1. The molecule has 2 amide bonds. The standard InChI is InChI=1S/C16H19N3O/c1-12-7-10-19(11-8-12)16(20)18-15-6-2-5-14-13(15)4-3-9-17-14/h2-6,9,12H,7-8,10-11H2,1H3,(H,18,20). The number of rotatable bonds is 1. The van der Waals surface area contributed by atoms with Gasteiger partial charge < -0.3 is 10.2 Å². The molecule has 2 aromatic rings. The molecular formula is C16H19N3O. The van der Waals surface area contributed by atoms with Gasteiger partial charge in [0, 0.05) is 24.7 Å². The molecule has 0 atom stereocenters. The van der Waals surface area contributed by atoms with E-state index in [1.54, 1.807) is 6.20 Å². The number of hydrogen-bond acceptors (Lipinski definition) is 2. The average Bonchev–Trinajstić information content (AvgIpc) is 2.48. The highest BCUT2D eigenvalue weighted by Gasteiger charge is 2.20. The highest BCUT2D eigenvalue weighted by molar-refractivity contribution is 6.00. The summed E-state index contributed by atoms with van der Waals surface area (Å²) in [5.41, 5.74) is 1.73. The van der Waals surface area contributed by atoms with E-state index >= 15 is 0 Å². The minimum atomic E-state index is -0.00625. The Morgan fingerprint density at radius 1 is 1.25 bits per heavy atom. The molecule has 1 aliphatic rings. The maximum Gasteiger partial charge on any atom is 0.321 e. The number of likely N-dealkylation sites (tertiary alicyclic amines) is 1. The van der Waals surface area contributed by atoms with Gasteiger partial charge in [-0.1, -0.05) is 13.0 Å². The van der Waals surface area contributed by atoms with Gasteiger partial charge in [0.15, 0.2) is 0 Å². The van der Waals surface area contributed by atoms with Crippen molar-refractivity contribution in [3.63, 3.8) is 0 Å². The van der Waals surface area contributed by atoms with Gasteiger partial charge >= 0.3 is 6.03 Å². The first-order valence-corrected chi connectivity index (χ1v) is 7.14. The number of benzene rings is 1. The zero-order chi connectivity index (χ0) is 13.9. The maximum atomic E-state index is 12.3. The molecule has 104 valence electrons. The monoisotopic (exact) mass is 269 g/mol. The van der Waals surface area contributed by atoms with Crippen LogP contribution in [0.2, 0.25) is 0 Å². The highest BCUT2D eigenvalue weighted by atomic mass is 16.2. The van der Waals surface area contributed by atoms with Gasteiger partial charge in [-0.2, -0.15) is 0 Å². The smallest absolute Gasteiger partial charge is 0.321 e. The van der Waals surface area contributed by atoms with Gasteiger partial charge in [-0.25, -0.2) is 4.79 Å². The van der Waals surface area contributed by atoms with Crippen molar-refractivity contribution in [1.82, 2.24) is 9.88 Å². The average molecular weight is 269 g/mol. The number of fused-ring (bicyclic) bond motifs is 1. The Labute approximate surface area is 118 Å². The second-order valence-electron chi connectivity index (χ2n) is 5.48. The predicted octanol–water partition coefficient (Wildman–Crippen LogP) is 3.50. The first kappa shape index (κ1) is 12.9. The van der Waals surface area contributed by atoms with Crippen LogP contribution < -0.4 is 5.32 Å². The summed E-state index contributed by atoms with van der Waals surface area (Å²) in [7, 11) is 0. The number of carbonyl (C=O) groups excluding carboxylic acids is 1. The molecule has 3 rings (SSSR count). The molecule has 1 aliphatic heterocycles. The van der Waals surface area contributed by atoms with Crippen LogP contribution in [0, 0.1) is 5.92 Å². The van der Waals surface area contributed by atoms with Crippen LogP contribution in [0.15, 0.2) is 36.5 Å². The second-order valence-corrected chi connectivity index (χ2v) is 5.48. The van der Waals surface area contributed by atoms with Gasteiger partial charge in [-0.05, 0) is 43.0 Å². The van der Waals surface area contributed by atoms with E-state index in [0.29, 0.717) is 0 Å². The molecule has 0 unspecified atom stereocenters. The molecule has 0 aliphatic carbocycles. The summed E-state index contributed by atoms with van der Waals surface area (Å²) in [5.74, 6) is 0.723. The van der Waals surface area contributed by atoms with E-state index in [-0.39, 0.29) is 6.03 Å². The SMILES string of the molecule is CC1CCN(C(=O)Nc2cccc3ncccc23)CC1. The van der Waals surface area contributed by atoms with E-state index in [1.807, 2.05) is 35.2 Å². The maximum absolute atomic E-state index is 12.3. The molecule has 1 aromatic carbocycles. The zero-order valence-electron chi connectivity index (χ0n) is 11.7. The van der Waals surface area contributed by atoms with Crippen molar-refractivity contribution in [3.8, 4) is 0 Å². The Bertz CT molecular complexity index is 613. The summed E-state index contributed by atoms with van der Waals surface area (Å²) in [6, 6.07) is 9.66. The molecular weight excluding hydrogens is 250 g/mol. The van der Waals surface area contributed by atoms with E-state index in [4.69, 9.17) is 0 Å². The zero-order valence-corrected chi connectivity index (χ0v) is 11.7. The van der Waals surface area contributed by atoms with Crippen LogP contribution in [0.1, 0.15) is 19.8 Å². The number of aromatic nitrogens is 1. The molecule has 1 saturated heterocycles. The second kappa shape index (κ2) is 5.49. The molecule has 0 bridgehead atoms. The normalized spacial score (nSPS) is 16.4. The summed E-state index contributed by atoms with van der Waals surface area (Å²) >= 11 is 0. The van der Waals surface area contributed by atoms with Crippen LogP contribution in [-0.2, 0) is 0 Å². The van der Waals surface area contributed by atoms with Crippen LogP contribution in [0.3, 0.4) is 0 Å². The lowest BCUT2D eigenvalue weighted by molar-refractivity contribution is 0.186. The molecule has 1 N–H and O–H groups in total. The van der Waals surface area contributed by atoms with Gasteiger partial charge in [-0.3, -0.25) is 4.98 Å². The Morgan fingerprint density at radius 2 is 2.05 bits per heavy atom. The number of anilines is 1. The van der Waals surface area contributed by atoms with Crippen molar-refractivity contribution >= 4 is 22.6 Å². The van der Waals surface area contributed by atoms with Gasteiger partial charge in [0.2, 0.25) is 0 Å². The number of pyridine rings is 1. The number of nitrogens with one attached hydrogen (secondary N) is 1. The van der Waals surface area contributed by atoms with Crippen LogP contribution in [0.25, 0.3) is 10.9 Å². The van der Waals surface area contributed by atoms with Crippen molar-refractivity contribution in [2.24, 2.45) is 5.92 Å². The highest BCUT2D eigenvalue weighted by Crippen LogP contribution is 2.22. The fourth-order valence-corrected chi connectivity index (χ4v) is 2.62. The number of nitrogens with zero attached hydrogens (tertiary/aromatic N) is 2. The lowest BCUT2D eigenvalue weighted by Crippen LogP contribution is -2.40. The topological polar surface area (TPSA) is 45.2 Å². The van der Waals surface area contributed by atoms with Gasteiger partial charge in [-0.15, -0.1) is 0 Å². The Morgan fingerprint density at radius 3 is 2.85 bits per heavy atom. The van der Waals surface area contributed by atoms with Crippen LogP contribution in [-0.4, -0.2) is 29.0 Å². The van der Waals surface area contributed by atoms with Crippen molar-refractivity contribution in [3.05, 3.63) is 36.5 Å². The molecule has 0 saturated carbocycles. The van der Waals surface area contributed by atoms with E-state index < -0.39 is 0 Å². The summed E-state index contributed by atoms with van der Waals surface area (Å²) in [5, 5.41) is 4.00. The van der Waals surface area contributed by atoms with Crippen LogP contribution in [0.5, 0.6) is 0 Å². The van der Waals surface area contributed by atoms with Crippen molar-refractivity contribution in [2.45, 2.75) is 19.8 Å². The van der Waals surface area contributed by atoms with E-state index in [9.17, 15) is 4.79 Å². The number of piperidine rings is 1. The molecule has 1 fully saturated rings. The van der Waals surface area contributed by atoms with Gasteiger partial charge in [0.1, 0.15) is 0 Å². The summed E-state index contributed by atoms with van der Waals surface area (Å²) in [6.07, 6.45) is 3.94.